The van der Waals surface area contributed by atoms with E-state index in [9.17, 15) is 19.2 Å². The molecule has 2 aliphatic heterocycles. The average molecular weight is 680 g/mol. The van der Waals surface area contributed by atoms with Gasteiger partial charge in [0.05, 0.1) is 24.8 Å². The summed E-state index contributed by atoms with van der Waals surface area (Å²) in [5, 5.41) is 3.11. The third kappa shape index (κ3) is 6.17. The average Bonchev–Trinajstić information content (AvgIpc) is 3.58. The first kappa shape index (κ1) is 33.2. The van der Waals surface area contributed by atoms with E-state index in [1.165, 1.54) is 28.9 Å². The highest BCUT2D eigenvalue weighted by molar-refractivity contribution is 6.06. The predicted molar refractivity (Wildman–Crippen MR) is 187 cm³/mol. The van der Waals surface area contributed by atoms with Gasteiger partial charge in [-0.1, -0.05) is 13.8 Å². The van der Waals surface area contributed by atoms with Crippen LogP contribution in [0, 0.1) is 5.41 Å². The number of nitrogens with zero attached hydrogens (tertiary/aromatic N) is 6. The van der Waals surface area contributed by atoms with E-state index in [-0.39, 0.29) is 41.1 Å². The van der Waals surface area contributed by atoms with E-state index in [0.29, 0.717) is 72.4 Å². The first-order chi connectivity index (χ1) is 23.9. The number of anilines is 3. The Hall–Kier alpha value is -5.30. The van der Waals surface area contributed by atoms with Crippen LogP contribution in [0.1, 0.15) is 65.4 Å². The van der Waals surface area contributed by atoms with Gasteiger partial charge in [0.25, 0.3) is 17.4 Å². The number of fused-ring (bicyclic) bond motifs is 3. The van der Waals surface area contributed by atoms with E-state index in [4.69, 9.17) is 9.47 Å². The first-order valence-electron chi connectivity index (χ1n) is 16.9. The number of amides is 2. The van der Waals surface area contributed by atoms with Crippen LogP contribution < -0.4 is 15.8 Å². The van der Waals surface area contributed by atoms with Gasteiger partial charge in [0.1, 0.15) is 29.6 Å². The number of rotatable bonds is 7. The monoisotopic (exact) mass is 679 g/mol. The van der Waals surface area contributed by atoms with Crippen LogP contribution in [0.2, 0.25) is 0 Å². The molecule has 4 aromatic rings. The number of carbonyl (C=O) groups excluding carboxylic acids is 3. The fourth-order valence-corrected chi connectivity index (χ4v) is 7.29. The molecular formula is C37H41N7O6. The summed E-state index contributed by atoms with van der Waals surface area (Å²) < 4.78 is 14.6. The van der Waals surface area contributed by atoms with Crippen molar-refractivity contribution in [2.45, 2.75) is 59.7 Å². The molecule has 0 saturated carbocycles. The quantitative estimate of drug-likeness (QED) is 0.286. The van der Waals surface area contributed by atoms with Gasteiger partial charge < -0.3 is 28.8 Å². The van der Waals surface area contributed by atoms with E-state index in [2.05, 4.69) is 33.7 Å². The highest BCUT2D eigenvalue weighted by atomic mass is 16.5. The Kier molecular flexibility index (Phi) is 8.54. The van der Waals surface area contributed by atoms with Crippen molar-refractivity contribution in [1.82, 2.24) is 24.0 Å². The van der Waals surface area contributed by atoms with E-state index < -0.39 is 5.97 Å². The molecule has 1 atom stereocenters. The largest absolute Gasteiger partial charge is 0.461 e. The molecule has 2 amide bonds. The van der Waals surface area contributed by atoms with Gasteiger partial charge in [-0.05, 0) is 66.6 Å². The fourth-order valence-electron chi connectivity index (χ4n) is 7.29. The minimum atomic E-state index is -0.470. The van der Waals surface area contributed by atoms with Gasteiger partial charge in [-0.3, -0.25) is 24.1 Å². The molecule has 260 valence electrons. The van der Waals surface area contributed by atoms with Crippen molar-refractivity contribution in [3.8, 4) is 11.1 Å². The Morgan fingerprint density at radius 3 is 2.64 bits per heavy atom. The van der Waals surface area contributed by atoms with Crippen LogP contribution in [0.25, 0.3) is 11.1 Å². The molecule has 0 spiro atoms. The third-order valence-electron chi connectivity index (χ3n) is 9.73. The molecule has 50 heavy (non-hydrogen) atoms. The highest BCUT2D eigenvalue weighted by Crippen LogP contribution is 2.40. The zero-order valence-electron chi connectivity index (χ0n) is 29.0. The number of pyridine rings is 3. The molecule has 13 heteroatoms. The van der Waals surface area contributed by atoms with Gasteiger partial charge in [-0.25, -0.2) is 9.97 Å². The lowest BCUT2D eigenvalue weighted by molar-refractivity contribution is -0.142. The molecule has 4 aromatic heterocycles. The zero-order chi connectivity index (χ0) is 35.3. The maximum atomic E-state index is 14.0. The number of aryl methyl sites for hydroxylation is 1. The number of hydrogen-bond acceptors (Lipinski definition) is 9. The van der Waals surface area contributed by atoms with Gasteiger partial charge >= 0.3 is 5.97 Å². The van der Waals surface area contributed by atoms with Crippen LogP contribution in [0.15, 0.2) is 53.7 Å². The normalized spacial score (nSPS) is 18.1. The summed E-state index contributed by atoms with van der Waals surface area (Å²) in [6.07, 6.45) is 6.66. The Labute approximate surface area is 289 Å². The minimum absolute atomic E-state index is 0.0351. The summed E-state index contributed by atoms with van der Waals surface area (Å²) >= 11 is 0. The first-order valence-corrected chi connectivity index (χ1v) is 16.9. The summed E-state index contributed by atoms with van der Waals surface area (Å²) in [6, 6.07) is 8.80. The number of morpholine rings is 1. The molecule has 1 N–H and O–H groups in total. The lowest BCUT2D eigenvalue weighted by atomic mass is 9.90. The van der Waals surface area contributed by atoms with Crippen LogP contribution in [0.5, 0.6) is 0 Å². The summed E-state index contributed by atoms with van der Waals surface area (Å²) in [4.78, 5) is 64.9. The Morgan fingerprint density at radius 2 is 1.90 bits per heavy atom. The van der Waals surface area contributed by atoms with Gasteiger partial charge in [-0.15, -0.1) is 0 Å². The molecular weight excluding hydrogens is 638 g/mol. The predicted octanol–water partition coefficient (Wildman–Crippen LogP) is 4.10. The van der Waals surface area contributed by atoms with Crippen molar-refractivity contribution in [1.29, 1.82) is 0 Å². The number of nitrogens with one attached hydrogen (secondary N) is 1. The molecule has 7 rings (SSSR count). The molecule has 1 fully saturated rings. The molecule has 0 aromatic carbocycles. The van der Waals surface area contributed by atoms with Gasteiger partial charge in [0, 0.05) is 69.0 Å². The van der Waals surface area contributed by atoms with Crippen molar-refractivity contribution in [3.05, 3.63) is 87.4 Å². The topological polar surface area (TPSA) is 141 Å². The third-order valence-corrected chi connectivity index (χ3v) is 9.73. The Balaban J connectivity index is 1.20. The molecule has 13 nitrogen and oxygen atoms in total. The van der Waals surface area contributed by atoms with E-state index in [1.54, 1.807) is 53.5 Å². The van der Waals surface area contributed by atoms with Gasteiger partial charge in [-0.2, -0.15) is 0 Å². The number of esters is 1. The smallest absolute Gasteiger partial charge is 0.302 e. The van der Waals surface area contributed by atoms with E-state index in [1.807, 2.05) is 13.0 Å². The van der Waals surface area contributed by atoms with Crippen LogP contribution in [-0.4, -0.2) is 74.1 Å². The summed E-state index contributed by atoms with van der Waals surface area (Å²) in [7, 11) is 1.65. The van der Waals surface area contributed by atoms with E-state index in [0.717, 1.165) is 12.8 Å². The fraction of sp³-hybridized carbons (Fsp3) is 0.405. The number of carbonyl (C=O) groups is 3. The number of ether oxygens (including phenoxy) is 2. The van der Waals surface area contributed by atoms with Crippen LogP contribution in [0.3, 0.4) is 0 Å². The molecule has 1 aliphatic carbocycles. The Bertz CT molecular complexity index is 2070. The maximum absolute atomic E-state index is 14.0. The maximum Gasteiger partial charge on any atom is 0.302 e. The zero-order valence-corrected chi connectivity index (χ0v) is 29.0. The summed E-state index contributed by atoms with van der Waals surface area (Å²) in [6.45, 7) is 10.2. The van der Waals surface area contributed by atoms with Crippen LogP contribution in [0.4, 0.5) is 17.3 Å². The minimum Gasteiger partial charge on any atom is -0.461 e. The SMILES string of the molecule is CC(=O)OCc1c(-c2cc(Nc3ccc(C(=O)N4CCOC[C@H]4C)cn3)c(=O)n(C)c2)ccnc1N1CCn2c(cc3c2CC(C)(C)C3)C1=O. The summed E-state index contributed by atoms with van der Waals surface area (Å²) in [5.41, 5.74) is 5.49. The van der Waals surface area contributed by atoms with Crippen molar-refractivity contribution in [2.75, 3.05) is 36.5 Å². The second-order valence-electron chi connectivity index (χ2n) is 14.1. The molecule has 6 heterocycles. The second kappa shape index (κ2) is 12.9. The summed E-state index contributed by atoms with van der Waals surface area (Å²) in [5.74, 6) is 0.0405. The molecule has 0 radical (unpaired) electrons. The number of hydrogen-bond donors (Lipinski definition) is 1. The number of aromatic nitrogens is 4. The van der Waals surface area contributed by atoms with Crippen molar-refractivity contribution in [2.24, 2.45) is 12.5 Å². The van der Waals surface area contributed by atoms with Gasteiger partial charge in [0.2, 0.25) is 0 Å². The van der Waals surface area contributed by atoms with Crippen molar-refractivity contribution < 1.29 is 23.9 Å². The van der Waals surface area contributed by atoms with Crippen molar-refractivity contribution >= 4 is 35.1 Å². The van der Waals surface area contributed by atoms with E-state index >= 15 is 0 Å². The van der Waals surface area contributed by atoms with Crippen LogP contribution in [-0.2, 0) is 47.3 Å². The van der Waals surface area contributed by atoms with Crippen LogP contribution >= 0.6 is 0 Å². The van der Waals surface area contributed by atoms with Gasteiger partial charge in [0.15, 0.2) is 0 Å². The highest BCUT2D eigenvalue weighted by Gasteiger charge is 2.37. The lowest BCUT2D eigenvalue weighted by Gasteiger charge is -2.33. The molecule has 0 bridgehead atoms. The standard InChI is InChI=1S/C37H41N7O6/c1-22-20-49-13-12-42(22)34(46)24-6-7-32(39-18-24)40-29-14-26(19-41(5)35(29)47)27-8-9-38-33(28(27)21-50-23(2)45)44-11-10-43-30(36(44)48)15-25-16-37(3,4)17-31(25)43/h6-9,14-15,18-19,22H,10-13,16-17,20-21H2,1-5H3,(H,39,40)/t22-/m1/s1. The lowest BCUT2D eigenvalue weighted by Crippen LogP contribution is -2.47. The Morgan fingerprint density at radius 1 is 1.08 bits per heavy atom. The molecule has 0 unspecified atom stereocenters. The molecule has 1 saturated heterocycles. The second-order valence-corrected chi connectivity index (χ2v) is 14.1. The molecule has 3 aliphatic rings. The van der Waals surface area contributed by atoms with Crippen molar-refractivity contribution in [3.63, 3.8) is 0 Å².